The molecule has 1 amide bonds. The fraction of sp³-hybridized carbons (Fsp3) is 0.667. The van der Waals surface area contributed by atoms with Crippen molar-refractivity contribution in [2.24, 2.45) is 11.3 Å². The van der Waals surface area contributed by atoms with Gasteiger partial charge in [0.25, 0.3) is 5.91 Å². The van der Waals surface area contributed by atoms with Crippen molar-refractivity contribution in [3.05, 3.63) is 23.7 Å². The molecule has 0 unspecified atom stereocenters. The fourth-order valence-corrected chi connectivity index (χ4v) is 3.70. The molecule has 1 aliphatic carbocycles. The molecule has 1 saturated carbocycles. The van der Waals surface area contributed by atoms with Gasteiger partial charge in [-0.25, -0.2) is 5.84 Å². The van der Waals surface area contributed by atoms with E-state index < -0.39 is 0 Å². The molecule has 3 rings (SSSR count). The van der Waals surface area contributed by atoms with Crippen LogP contribution in [0.15, 0.2) is 16.7 Å². The summed E-state index contributed by atoms with van der Waals surface area (Å²) < 4.78 is 5.45. The van der Waals surface area contributed by atoms with E-state index in [-0.39, 0.29) is 5.91 Å². The zero-order chi connectivity index (χ0) is 14.0. The Morgan fingerprint density at radius 2 is 2.00 bits per heavy atom. The third-order valence-electron chi connectivity index (χ3n) is 5.01. The van der Waals surface area contributed by atoms with Crippen LogP contribution in [0, 0.1) is 5.41 Å². The molecule has 2 fully saturated rings. The van der Waals surface area contributed by atoms with Gasteiger partial charge in [-0.1, -0.05) is 12.8 Å². The Balaban J connectivity index is 1.54. The van der Waals surface area contributed by atoms with E-state index in [1.807, 2.05) is 0 Å². The number of nitrogens with zero attached hydrogens (tertiary/aromatic N) is 1. The van der Waals surface area contributed by atoms with Crippen molar-refractivity contribution in [2.45, 2.75) is 45.1 Å². The Morgan fingerprint density at radius 3 is 2.65 bits per heavy atom. The van der Waals surface area contributed by atoms with E-state index >= 15 is 0 Å². The van der Waals surface area contributed by atoms with Gasteiger partial charge in [-0.05, 0) is 50.3 Å². The predicted molar refractivity (Wildman–Crippen MR) is 75.8 cm³/mol. The number of nitrogens with one attached hydrogen (secondary N) is 1. The van der Waals surface area contributed by atoms with E-state index in [9.17, 15) is 4.79 Å². The molecule has 20 heavy (non-hydrogen) atoms. The van der Waals surface area contributed by atoms with Gasteiger partial charge in [-0.3, -0.25) is 15.1 Å². The SMILES string of the molecule is NNC(=O)c1coc(CN2CCC3(CCCC3)CC2)c1. The molecule has 3 N–H and O–H groups in total. The second-order valence-electron chi connectivity index (χ2n) is 6.26. The van der Waals surface area contributed by atoms with Gasteiger partial charge in [0.05, 0.1) is 12.1 Å². The first kappa shape index (κ1) is 13.6. The van der Waals surface area contributed by atoms with Crippen LogP contribution in [-0.2, 0) is 6.54 Å². The lowest BCUT2D eigenvalue weighted by Gasteiger charge is -2.39. The van der Waals surface area contributed by atoms with Crippen LogP contribution in [0.25, 0.3) is 0 Å². The average Bonchev–Trinajstić information content (AvgIpc) is 3.11. The number of hydrazine groups is 1. The number of hydrogen-bond donors (Lipinski definition) is 2. The Bertz CT molecular complexity index is 467. The number of carbonyl (C=O) groups excluding carboxylic acids is 1. The molecule has 110 valence electrons. The maximum absolute atomic E-state index is 11.4. The molecular weight excluding hydrogens is 254 g/mol. The van der Waals surface area contributed by atoms with Crippen molar-refractivity contribution < 1.29 is 9.21 Å². The highest BCUT2D eigenvalue weighted by Gasteiger charge is 2.36. The number of piperidine rings is 1. The van der Waals surface area contributed by atoms with Gasteiger partial charge in [-0.2, -0.15) is 0 Å². The maximum atomic E-state index is 11.4. The van der Waals surface area contributed by atoms with Crippen molar-refractivity contribution in [2.75, 3.05) is 13.1 Å². The van der Waals surface area contributed by atoms with Crippen molar-refractivity contribution >= 4 is 5.91 Å². The summed E-state index contributed by atoms with van der Waals surface area (Å²) in [6, 6.07) is 1.78. The summed E-state index contributed by atoms with van der Waals surface area (Å²) in [4.78, 5) is 13.8. The zero-order valence-electron chi connectivity index (χ0n) is 11.9. The quantitative estimate of drug-likeness (QED) is 0.504. The van der Waals surface area contributed by atoms with E-state index in [0.29, 0.717) is 11.0 Å². The van der Waals surface area contributed by atoms with Gasteiger partial charge in [0, 0.05) is 0 Å². The summed E-state index contributed by atoms with van der Waals surface area (Å²) in [5.41, 5.74) is 3.25. The first-order chi connectivity index (χ1) is 9.71. The molecule has 2 aliphatic rings. The number of nitrogens with two attached hydrogens (primary N) is 1. The summed E-state index contributed by atoms with van der Waals surface area (Å²) in [7, 11) is 0. The van der Waals surface area contributed by atoms with E-state index in [1.165, 1.54) is 44.8 Å². The zero-order valence-corrected chi connectivity index (χ0v) is 11.9. The van der Waals surface area contributed by atoms with Crippen LogP contribution >= 0.6 is 0 Å². The molecule has 1 aliphatic heterocycles. The summed E-state index contributed by atoms with van der Waals surface area (Å²) in [5.74, 6) is 5.65. The predicted octanol–water partition coefficient (Wildman–Crippen LogP) is 2.04. The first-order valence-corrected chi connectivity index (χ1v) is 7.52. The van der Waals surface area contributed by atoms with Crippen molar-refractivity contribution in [1.82, 2.24) is 10.3 Å². The lowest BCUT2D eigenvalue weighted by molar-refractivity contribution is 0.0953. The third-order valence-corrected chi connectivity index (χ3v) is 5.01. The molecule has 2 heterocycles. The number of nitrogen functional groups attached to an aromatic ring is 1. The lowest BCUT2D eigenvalue weighted by Crippen LogP contribution is -2.38. The number of likely N-dealkylation sites (tertiary alicyclic amines) is 1. The Labute approximate surface area is 119 Å². The number of hydrogen-bond acceptors (Lipinski definition) is 4. The van der Waals surface area contributed by atoms with Crippen LogP contribution in [0.1, 0.15) is 54.6 Å². The normalized spacial score (nSPS) is 22.2. The second-order valence-corrected chi connectivity index (χ2v) is 6.26. The van der Waals surface area contributed by atoms with Crippen LogP contribution in [0.2, 0.25) is 0 Å². The number of furan rings is 1. The Kier molecular flexibility index (Phi) is 3.81. The van der Waals surface area contributed by atoms with Gasteiger partial charge in [0.1, 0.15) is 12.0 Å². The van der Waals surface area contributed by atoms with Crippen molar-refractivity contribution in [1.29, 1.82) is 0 Å². The van der Waals surface area contributed by atoms with Gasteiger partial charge in [-0.15, -0.1) is 0 Å². The van der Waals surface area contributed by atoms with Crippen LogP contribution in [0.4, 0.5) is 0 Å². The monoisotopic (exact) mass is 277 g/mol. The largest absolute Gasteiger partial charge is 0.467 e. The standard InChI is InChI=1S/C15H23N3O2/c16-17-14(19)12-9-13(20-11-12)10-18-7-5-15(6-8-18)3-1-2-4-15/h9,11H,1-8,10,16H2,(H,17,19). The molecule has 1 spiro atoms. The summed E-state index contributed by atoms with van der Waals surface area (Å²) >= 11 is 0. The third kappa shape index (κ3) is 2.74. The Morgan fingerprint density at radius 1 is 1.30 bits per heavy atom. The van der Waals surface area contributed by atoms with Crippen LogP contribution in [0.5, 0.6) is 0 Å². The second kappa shape index (κ2) is 5.58. The minimum absolute atomic E-state index is 0.302. The molecular formula is C15H23N3O2. The molecule has 1 aromatic rings. The van der Waals surface area contributed by atoms with Crippen LogP contribution in [0.3, 0.4) is 0 Å². The van der Waals surface area contributed by atoms with Crippen molar-refractivity contribution in [3.8, 4) is 0 Å². The number of amides is 1. The van der Waals surface area contributed by atoms with Gasteiger partial charge in [0.15, 0.2) is 0 Å². The minimum atomic E-state index is -0.302. The van der Waals surface area contributed by atoms with Crippen LogP contribution in [-0.4, -0.2) is 23.9 Å². The van der Waals surface area contributed by atoms with E-state index in [1.54, 1.807) is 6.07 Å². The highest BCUT2D eigenvalue weighted by Crippen LogP contribution is 2.46. The molecule has 5 heteroatoms. The molecule has 0 radical (unpaired) electrons. The molecule has 5 nitrogen and oxygen atoms in total. The van der Waals surface area contributed by atoms with Crippen LogP contribution < -0.4 is 11.3 Å². The van der Waals surface area contributed by atoms with Crippen molar-refractivity contribution in [3.63, 3.8) is 0 Å². The Hall–Kier alpha value is -1.33. The van der Waals surface area contributed by atoms with E-state index in [4.69, 9.17) is 10.3 Å². The fourth-order valence-electron chi connectivity index (χ4n) is 3.70. The number of rotatable bonds is 3. The van der Waals surface area contributed by atoms with Gasteiger partial charge in [0.2, 0.25) is 0 Å². The average molecular weight is 277 g/mol. The van der Waals surface area contributed by atoms with E-state index in [0.717, 1.165) is 25.4 Å². The summed E-state index contributed by atoms with van der Waals surface area (Å²) in [6.45, 7) is 3.06. The van der Waals surface area contributed by atoms with Gasteiger partial charge < -0.3 is 4.42 Å². The molecule has 1 aromatic heterocycles. The lowest BCUT2D eigenvalue weighted by atomic mass is 9.77. The van der Waals surface area contributed by atoms with Gasteiger partial charge >= 0.3 is 0 Å². The molecule has 0 atom stereocenters. The highest BCUT2D eigenvalue weighted by atomic mass is 16.3. The highest BCUT2D eigenvalue weighted by molar-refractivity contribution is 5.93. The first-order valence-electron chi connectivity index (χ1n) is 7.52. The minimum Gasteiger partial charge on any atom is -0.467 e. The smallest absolute Gasteiger partial charge is 0.268 e. The summed E-state index contributed by atoms with van der Waals surface area (Å²) in [6.07, 6.45) is 9.75. The molecule has 0 bridgehead atoms. The number of carbonyl (C=O) groups is 1. The topological polar surface area (TPSA) is 71.5 Å². The summed E-state index contributed by atoms with van der Waals surface area (Å²) in [5, 5.41) is 0. The molecule has 0 aromatic carbocycles. The molecule has 1 saturated heterocycles. The van der Waals surface area contributed by atoms with E-state index in [2.05, 4.69) is 10.3 Å². The maximum Gasteiger partial charge on any atom is 0.268 e.